The van der Waals surface area contributed by atoms with Crippen molar-refractivity contribution in [3.8, 4) is 11.3 Å². The summed E-state index contributed by atoms with van der Waals surface area (Å²) in [7, 11) is 0. The summed E-state index contributed by atoms with van der Waals surface area (Å²) < 4.78 is 1.80. The highest BCUT2D eigenvalue weighted by molar-refractivity contribution is 9.10. The second kappa shape index (κ2) is 3.05. The summed E-state index contributed by atoms with van der Waals surface area (Å²) in [6, 6.07) is 6.20. The van der Waals surface area contributed by atoms with Gasteiger partial charge >= 0.3 is 0 Å². The van der Waals surface area contributed by atoms with Gasteiger partial charge in [0.25, 0.3) is 0 Å². The van der Waals surface area contributed by atoms with Crippen molar-refractivity contribution in [3.05, 3.63) is 37.6 Å². The van der Waals surface area contributed by atoms with E-state index in [1.165, 1.54) is 16.0 Å². The Morgan fingerprint density at radius 2 is 2.29 bits per heavy atom. The van der Waals surface area contributed by atoms with Gasteiger partial charge in [0, 0.05) is 21.3 Å². The summed E-state index contributed by atoms with van der Waals surface area (Å²) in [6.45, 7) is 0. The Labute approximate surface area is 98.9 Å². The predicted octanol–water partition coefficient (Wildman–Crippen LogP) is 4.13. The minimum atomic E-state index is 0.639. The molecule has 0 bridgehead atoms. The van der Waals surface area contributed by atoms with Crippen LogP contribution in [0, 0.1) is 0 Å². The fraction of sp³-hybridized carbons (Fsp3) is 0.100. The highest BCUT2D eigenvalue weighted by Gasteiger charge is 2.24. The molecule has 0 amide bonds. The van der Waals surface area contributed by atoms with Crippen LogP contribution in [-0.4, -0.2) is 4.98 Å². The van der Waals surface area contributed by atoms with Gasteiger partial charge in [-0.2, -0.15) is 0 Å². The quantitative estimate of drug-likeness (QED) is 0.605. The van der Waals surface area contributed by atoms with Crippen LogP contribution in [0.1, 0.15) is 10.4 Å². The Kier molecular flexibility index (Phi) is 1.94. The smallest absolute Gasteiger partial charge is 0.184 e. The van der Waals surface area contributed by atoms with Crippen LogP contribution in [0.25, 0.3) is 11.3 Å². The number of fused-ring (bicyclic) bond motifs is 3. The maximum atomic E-state index is 5.88. The van der Waals surface area contributed by atoms with Crippen molar-refractivity contribution in [2.24, 2.45) is 0 Å². The SMILES string of the molecule is Clc1nc2c(s1)Cc1c(Br)cccc1-2. The van der Waals surface area contributed by atoms with Gasteiger partial charge in [-0.15, -0.1) is 11.3 Å². The van der Waals surface area contributed by atoms with E-state index in [9.17, 15) is 0 Å². The van der Waals surface area contributed by atoms with E-state index >= 15 is 0 Å². The fourth-order valence-electron chi connectivity index (χ4n) is 1.77. The van der Waals surface area contributed by atoms with E-state index < -0.39 is 0 Å². The minimum Gasteiger partial charge on any atom is -0.225 e. The van der Waals surface area contributed by atoms with Crippen molar-refractivity contribution in [2.75, 3.05) is 0 Å². The lowest BCUT2D eigenvalue weighted by molar-refractivity contribution is 1.29. The molecule has 14 heavy (non-hydrogen) atoms. The molecule has 0 N–H and O–H groups in total. The molecule has 0 aliphatic heterocycles. The van der Waals surface area contributed by atoms with Crippen molar-refractivity contribution in [1.82, 2.24) is 4.98 Å². The highest BCUT2D eigenvalue weighted by Crippen LogP contribution is 2.43. The Bertz CT molecular complexity index is 521. The lowest BCUT2D eigenvalue weighted by atomic mass is 10.1. The summed E-state index contributed by atoms with van der Waals surface area (Å²) in [5.74, 6) is 0. The first-order chi connectivity index (χ1) is 6.75. The zero-order chi connectivity index (χ0) is 9.71. The summed E-state index contributed by atoms with van der Waals surface area (Å²) in [5.41, 5.74) is 3.62. The molecule has 1 nitrogen and oxygen atoms in total. The molecule has 4 heteroatoms. The molecule has 0 saturated heterocycles. The lowest BCUT2D eigenvalue weighted by Gasteiger charge is -2.00. The third kappa shape index (κ3) is 1.16. The normalized spacial score (nSPS) is 12.7. The van der Waals surface area contributed by atoms with Gasteiger partial charge in [-0.3, -0.25) is 0 Å². The predicted molar refractivity (Wildman–Crippen MR) is 63.1 cm³/mol. The third-order valence-corrected chi connectivity index (χ3v) is 4.29. The molecule has 1 aliphatic rings. The number of hydrogen-bond donors (Lipinski definition) is 0. The maximum Gasteiger partial charge on any atom is 0.184 e. The van der Waals surface area contributed by atoms with E-state index in [0.29, 0.717) is 4.47 Å². The van der Waals surface area contributed by atoms with Gasteiger partial charge < -0.3 is 0 Å². The van der Waals surface area contributed by atoms with Crippen LogP contribution in [0.2, 0.25) is 4.47 Å². The molecule has 1 aliphatic carbocycles. The van der Waals surface area contributed by atoms with Gasteiger partial charge in [0.1, 0.15) is 0 Å². The summed E-state index contributed by atoms with van der Waals surface area (Å²) >= 11 is 11.0. The molecule has 0 spiro atoms. The van der Waals surface area contributed by atoms with Crippen LogP contribution in [0.15, 0.2) is 22.7 Å². The Balaban J connectivity index is 2.30. The topological polar surface area (TPSA) is 12.9 Å². The first-order valence-corrected chi connectivity index (χ1v) is 6.17. The van der Waals surface area contributed by atoms with Crippen LogP contribution in [0.5, 0.6) is 0 Å². The Hall–Kier alpha value is -0.380. The zero-order valence-electron chi connectivity index (χ0n) is 7.05. The standard InChI is InChI=1S/C10H5BrClNS/c11-7-3-1-2-5-6(7)4-8-9(5)13-10(12)14-8/h1-3H,4H2. The van der Waals surface area contributed by atoms with Crippen molar-refractivity contribution in [3.63, 3.8) is 0 Å². The lowest BCUT2D eigenvalue weighted by Crippen LogP contribution is -1.82. The van der Waals surface area contributed by atoms with Crippen molar-refractivity contribution >= 4 is 38.9 Å². The van der Waals surface area contributed by atoms with Crippen LogP contribution in [-0.2, 0) is 6.42 Å². The molecule has 1 heterocycles. The van der Waals surface area contributed by atoms with Crippen LogP contribution in [0.3, 0.4) is 0 Å². The number of hydrogen-bond acceptors (Lipinski definition) is 2. The van der Waals surface area contributed by atoms with Crippen LogP contribution < -0.4 is 0 Å². The molecule has 1 aromatic heterocycles. The largest absolute Gasteiger partial charge is 0.225 e. The molecule has 0 saturated carbocycles. The van der Waals surface area contributed by atoms with Crippen LogP contribution in [0.4, 0.5) is 0 Å². The highest BCUT2D eigenvalue weighted by atomic mass is 79.9. The van der Waals surface area contributed by atoms with Crippen molar-refractivity contribution < 1.29 is 0 Å². The summed E-state index contributed by atoms with van der Waals surface area (Å²) in [6.07, 6.45) is 0.955. The molecule has 0 atom stereocenters. The molecule has 0 radical (unpaired) electrons. The number of rotatable bonds is 0. The van der Waals surface area contributed by atoms with Gasteiger partial charge in [-0.25, -0.2) is 4.98 Å². The van der Waals surface area contributed by atoms with E-state index in [4.69, 9.17) is 11.6 Å². The molecule has 0 unspecified atom stereocenters. The van der Waals surface area contributed by atoms with E-state index in [-0.39, 0.29) is 0 Å². The van der Waals surface area contributed by atoms with E-state index in [1.54, 1.807) is 11.3 Å². The zero-order valence-corrected chi connectivity index (χ0v) is 10.2. The van der Waals surface area contributed by atoms with Crippen molar-refractivity contribution in [1.29, 1.82) is 0 Å². The average molecular weight is 287 g/mol. The van der Waals surface area contributed by atoms with Gasteiger partial charge in [0.15, 0.2) is 4.47 Å². The molecular weight excluding hydrogens is 282 g/mol. The molecule has 2 aromatic rings. The number of nitrogens with zero attached hydrogens (tertiary/aromatic N) is 1. The van der Waals surface area contributed by atoms with E-state index in [2.05, 4.69) is 33.0 Å². The Morgan fingerprint density at radius 3 is 3.14 bits per heavy atom. The number of aromatic nitrogens is 1. The minimum absolute atomic E-state index is 0.639. The van der Waals surface area contributed by atoms with E-state index in [0.717, 1.165) is 16.6 Å². The van der Waals surface area contributed by atoms with Gasteiger partial charge in [-0.05, 0) is 11.6 Å². The molecule has 1 aromatic carbocycles. The molecule has 70 valence electrons. The van der Waals surface area contributed by atoms with E-state index in [1.807, 2.05) is 6.07 Å². The first-order valence-electron chi connectivity index (χ1n) is 4.18. The summed E-state index contributed by atoms with van der Waals surface area (Å²) in [4.78, 5) is 5.61. The fourth-order valence-corrected chi connectivity index (χ4v) is 3.45. The number of halogens is 2. The average Bonchev–Trinajstić information content (AvgIpc) is 2.63. The van der Waals surface area contributed by atoms with Gasteiger partial charge in [0.05, 0.1) is 5.69 Å². The first kappa shape index (κ1) is 8.89. The summed E-state index contributed by atoms with van der Waals surface area (Å²) in [5, 5.41) is 0. The molecule has 3 rings (SSSR count). The number of thiazole rings is 1. The van der Waals surface area contributed by atoms with Crippen LogP contribution >= 0.6 is 38.9 Å². The van der Waals surface area contributed by atoms with Crippen molar-refractivity contribution in [2.45, 2.75) is 6.42 Å². The van der Waals surface area contributed by atoms with Gasteiger partial charge in [-0.1, -0.05) is 39.7 Å². The molecule has 0 fully saturated rings. The second-order valence-corrected chi connectivity index (χ2v) is 5.70. The Morgan fingerprint density at radius 1 is 1.43 bits per heavy atom. The van der Waals surface area contributed by atoms with Gasteiger partial charge in [0.2, 0.25) is 0 Å². The molecular formula is C10H5BrClNS. The maximum absolute atomic E-state index is 5.88. The second-order valence-electron chi connectivity index (χ2n) is 3.18. The third-order valence-electron chi connectivity index (χ3n) is 2.38. The number of benzene rings is 1. The monoisotopic (exact) mass is 285 g/mol.